The van der Waals surface area contributed by atoms with Gasteiger partial charge in [-0.05, 0) is 6.07 Å². The van der Waals surface area contributed by atoms with Gasteiger partial charge in [0, 0.05) is 17.8 Å². The second-order valence-corrected chi connectivity index (χ2v) is 5.39. The molecule has 4 atom stereocenters. The second-order valence-electron chi connectivity index (χ2n) is 5.39. The van der Waals surface area contributed by atoms with Crippen LogP contribution in [0.2, 0.25) is 0 Å². The van der Waals surface area contributed by atoms with E-state index in [4.69, 9.17) is 4.74 Å². The number of imidazole rings is 1. The molecule has 0 amide bonds. The number of hydrogen-bond acceptors (Lipinski definition) is 7. The topological polar surface area (TPSA) is 129 Å². The zero-order valence-electron chi connectivity index (χ0n) is 11.9. The predicted octanol–water partition coefficient (Wildman–Crippen LogP) is -0.567. The molecule has 3 aromatic heterocycles. The number of fused-ring (bicyclic) bond motifs is 1. The molecule has 0 radical (unpaired) electrons. The summed E-state index contributed by atoms with van der Waals surface area (Å²) in [6.45, 7) is -0.373. The number of ether oxygens (including phenoxy) is 1. The van der Waals surface area contributed by atoms with E-state index in [1.54, 1.807) is 29.2 Å². The van der Waals surface area contributed by atoms with Gasteiger partial charge in [-0.2, -0.15) is 0 Å². The molecule has 4 heterocycles. The third kappa shape index (κ3) is 2.21. The van der Waals surface area contributed by atoms with Crippen LogP contribution in [0.25, 0.3) is 22.6 Å². The van der Waals surface area contributed by atoms with Gasteiger partial charge in [0.05, 0.1) is 19.1 Å². The summed E-state index contributed by atoms with van der Waals surface area (Å²) < 4.78 is 7.18. The minimum Gasteiger partial charge on any atom is -0.394 e. The Kier molecular flexibility index (Phi) is 3.34. The lowest BCUT2D eigenvalue weighted by Crippen LogP contribution is -2.33. The Morgan fingerprint density at radius 1 is 1.26 bits per heavy atom. The van der Waals surface area contributed by atoms with Gasteiger partial charge in [0.25, 0.3) is 0 Å². The van der Waals surface area contributed by atoms with Gasteiger partial charge in [0.1, 0.15) is 29.7 Å². The summed E-state index contributed by atoms with van der Waals surface area (Å²) in [4.78, 5) is 15.6. The summed E-state index contributed by atoms with van der Waals surface area (Å²) >= 11 is 0. The van der Waals surface area contributed by atoms with Gasteiger partial charge in [-0.15, -0.1) is 0 Å². The van der Waals surface area contributed by atoms with Gasteiger partial charge in [0.2, 0.25) is 0 Å². The lowest BCUT2D eigenvalue weighted by molar-refractivity contribution is -0.0508. The minimum absolute atomic E-state index is 0.373. The van der Waals surface area contributed by atoms with E-state index in [-0.39, 0.29) is 6.61 Å². The lowest BCUT2D eigenvalue weighted by atomic mass is 10.1. The van der Waals surface area contributed by atoms with Crippen molar-refractivity contribution in [3.8, 4) is 11.5 Å². The fourth-order valence-electron chi connectivity index (χ4n) is 2.76. The number of aliphatic hydroxyl groups excluding tert-OH is 3. The first-order valence-corrected chi connectivity index (χ1v) is 7.14. The highest BCUT2D eigenvalue weighted by atomic mass is 16.6. The molecule has 3 aromatic rings. The molecular weight excluding hydrogens is 302 g/mol. The number of aromatic nitrogens is 5. The van der Waals surface area contributed by atoms with Crippen LogP contribution in [0.5, 0.6) is 0 Å². The Hall–Kier alpha value is -2.33. The number of hydrogen-bond donors (Lipinski definition) is 4. The molecule has 1 aliphatic rings. The van der Waals surface area contributed by atoms with Crippen molar-refractivity contribution in [2.45, 2.75) is 24.5 Å². The molecule has 0 bridgehead atoms. The van der Waals surface area contributed by atoms with Crippen molar-refractivity contribution in [3.63, 3.8) is 0 Å². The molecular formula is C14H15N5O4. The van der Waals surface area contributed by atoms with Crippen LogP contribution in [0.4, 0.5) is 0 Å². The second kappa shape index (κ2) is 5.39. The maximum absolute atomic E-state index is 10.2. The number of nitrogens with zero attached hydrogens (tertiary/aromatic N) is 4. The average molecular weight is 317 g/mol. The summed E-state index contributed by atoms with van der Waals surface area (Å²) in [5.41, 5.74) is 1.22. The molecule has 120 valence electrons. The lowest BCUT2D eigenvalue weighted by Gasteiger charge is -2.17. The first kappa shape index (κ1) is 14.3. The number of aliphatic hydroxyl groups is 3. The third-order valence-corrected chi connectivity index (χ3v) is 3.99. The Morgan fingerprint density at radius 2 is 2.13 bits per heavy atom. The van der Waals surface area contributed by atoms with E-state index in [1.165, 1.54) is 6.33 Å². The summed E-state index contributed by atoms with van der Waals surface area (Å²) in [5, 5.41) is 30.1. The van der Waals surface area contributed by atoms with E-state index in [9.17, 15) is 15.3 Å². The molecule has 0 aromatic carbocycles. The van der Waals surface area contributed by atoms with Crippen LogP contribution >= 0.6 is 0 Å². The Balaban J connectivity index is 1.77. The SMILES string of the molecule is OC[C@H]1O[C@@H](n2ccc3cnc(-c4cnc[nH]4)nc32)[C@H](O)[C@@H]1O. The van der Waals surface area contributed by atoms with E-state index in [2.05, 4.69) is 19.9 Å². The molecule has 1 saturated heterocycles. The summed E-state index contributed by atoms with van der Waals surface area (Å²) in [6, 6.07) is 1.79. The van der Waals surface area contributed by atoms with Crippen molar-refractivity contribution in [2.75, 3.05) is 6.61 Å². The van der Waals surface area contributed by atoms with E-state index in [0.717, 1.165) is 5.39 Å². The van der Waals surface area contributed by atoms with E-state index >= 15 is 0 Å². The Labute approximate surface area is 130 Å². The highest BCUT2D eigenvalue weighted by Crippen LogP contribution is 2.32. The van der Waals surface area contributed by atoms with Gasteiger partial charge in [0.15, 0.2) is 12.1 Å². The number of H-pyrrole nitrogens is 1. The molecule has 4 rings (SSSR count). The fourth-order valence-corrected chi connectivity index (χ4v) is 2.76. The van der Waals surface area contributed by atoms with Crippen LogP contribution in [-0.4, -0.2) is 64.7 Å². The van der Waals surface area contributed by atoms with Crippen LogP contribution in [-0.2, 0) is 4.74 Å². The summed E-state index contributed by atoms with van der Waals surface area (Å²) in [6.07, 6.45) is 2.54. The van der Waals surface area contributed by atoms with Gasteiger partial charge >= 0.3 is 0 Å². The summed E-state index contributed by atoms with van der Waals surface area (Å²) in [7, 11) is 0. The molecule has 0 spiro atoms. The Morgan fingerprint density at radius 3 is 2.83 bits per heavy atom. The van der Waals surface area contributed by atoms with Crippen molar-refractivity contribution in [3.05, 3.63) is 31.0 Å². The number of nitrogens with one attached hydrogen (secondary N) is 1. The fraction of sp³-hybridized carbons (Fsp3) is 0.357. The first-order valence-electron chi connectivity index (χ1n) is 7.14. The van der Waals surface area contributed by atoms with E-state index < -0.39 is 24.5 Å². The maximum Gasteiger partial charge on any atom is 0.179 e. The molecule has 4 N–H and O–H groups in total. The highest BCUT2D eigenvalue weighted by molar-refractivity contribution is 5.77. The molecule has 9 nitrogen and oxygen atoms in total. The molecule has 9 heteroatoms. The van der Waals surface area contributed by atoms with Crippen LogP contribution in [0.1, 0.15) is 6.23 Å². The number of rotatable bonds is 3. The predicted molar refractivity (Wildman–Crippen MR) is 78.1 cm³/mol. The van der Waals surface area contributed by atoms with Crippen molar-refractivity contribution in [1.29, 1.82) is 0 Å². The highest BCUT2D eigenvalue weighted by Gasteiger charge is 2.43. The van der Waals surface area contributed by atoms with Crippen molar-refractivity contribution >= 4 is 11.0 Å². The van der Waals surface area contributed by atoms with E-state index in [0.29, 0.717) is 17.2 Å². The van der Waals surface area contributed by atoms with Crippen LogP contribution in [0, 0.1) is 0 Å². The summed E-state index contributed by atoms with van der Waals surface area (Å²) in [5.74, 6) is 0.460. The molecule has 1 fully saturated rings. The Bertz CT molecular complexity index is 818. The minimum atomic E-state index is -1.16. The van der Waals surface area contributed by atoms with Gasteiger partial charge in [-0.1, -0.05) is 0 Å². The molecule has 0 aliphatic carbocycles. The molecule has 1 aliphatic heterocycles. The van der Waals surface area contributed by atoms with Crippen LogP contribution < -0.4 is 0 Å². The smallest absolute Gasteiger partial charge is 0.179 e. The molecule has 23 heavy (non-hydrogen) atoms. The quantitative estimate of drug-likeness (QED) is 0.509. The normalized spacial score (nSPS) is 27.8. The zero-order chi connectivity index (χ0) is 16.0. The monoisotopic (exact) mass is 317 g/mol. The van der Waals surface area contributed by atoms with Crippen LogP contribution in [0.15, 0.2) is 31.0 Å². The largest absolute Gasteiger partial charge is 0.394 e. The third-order valence-electron chi connectivity index (χ3n) is 3.99. The maximum atomic E-state index is 10.2. The van der Waals surface area contributed by atoms with Crippen LogP contribution in [0.3, 0.4) is 0 Å². The first-order chi connectivity index (χ1) is 11.2. The standard InChI is InChI=1S/C14H15N5O4/c20-5-9-10(21)11(22)14(23-9)19-2-1-7-3-16-12(18-13(7)19)8-4-15-6-17-8/h1-4,6,9-11,14,20-22H,5H2,(H,15,17)/t9-,10-,11-,14-/m1/s1. The van der Waals surface area contributed by atoms with E-state index in [1.807, 2.05) is 0 Å². The van der Waals surface area contributed by atoms with Crippen molar-refractivity contribution in [1.82, 2.24) is 24.5 Å². The molecule has 0 saturated carbocycles. The number of aromatic amines is 1. The van der Waals surface area contributed by atoms with Gasteiger partial charge in [-0.3, -0.25) is 0 Å². The van der Waals surface area contributed by atoms with Crippen molar-refractivity contribution in [2.24, 2.45) is 0 Å². The van der Waals surface area contributed by atoms with Gasteiger partial charge < -0.3 is 29.6 Å². The molecule has 0 unspecified atom stereocenters. The van der Waals surface area contributed by atoms with Gasteiger partial charge in [-0.25, -0.2) is 15.0 Å². The average Bonchev–Trinajstić information content (AvgIpc) is 3.28. The van der Waals surface area contributed by atoms with Crippen molar-refractivity contribution < 1.29 is 20.1 Å². The zero-order valence-corrected chi connectivity index (χ0v) is 11.9.